The lowest BCUT2D eigenvalue weighted by Crippen LogP contribution is -2.41. The summed E-state index contributed by atoms with van der Waals surface area (Å²) < 4.78 is 21.9. The molecule has 0 saturated carbocycles. The lowest BCUT2D eigenvalue weighted by Gasteiger charge is -2.14. The summed E-state index contributed by atoms with van der Waals surface area (Å²) >= 11 is 1.98. The summed E-state index contributed by atoms with van der Waals surface area (Å²) in [5, 5.41) is 6.88. The fraction of sp³-hybridized carbons (Fsp3) is 0.900. The minimum Gasteiger partial charge on any atom is -0.355 e. The van der Waals surface area contributed by atoms with Crippen molar-refractivity contribution in [2.45, 2.75) is 18.1 Å². The average molecular weight is 407 g/mol. The Morgan fingerprint density at radius 3 is 2.67 bits per heavy atom. The predicted molar refractivity (Wildman–Crippen MR) is 90.0 cm³/mol. The average Bonchev–Trinajstić information content (AvgIpc) is 2.74. The Morgan fingerprint density at radius 2 is 2.17 bits per heavy atom. The third-order valence-electron chi connectivity index (χ3n) is 2.51. The van der Waals surface area contributed by atoms with E-state index in [4.69, 9.17) is 0 Å². The molecule has 1 rings (SSSR count). The van der Waals surface area contributed by atoms with Crippen LogP contribution in [0, 0.1) is 0 Å². The first kappa shape index (κ1) is 18.3. The van der Waals surface area contributed by atoms with E-state index in [2.05, 4.69) is 15.6 Å². The van der Waals surface area contributed by atoms with E-state index in [-0.39, 0.29) is 29.7 Å². The van der Waals surface area contributed by atoms with E-state index in [1.54, 1.807) is 7.05 Å². The van der Waals surface area contributed by atoms with Crippen molar-refractivity contribution in [3.05, 3.63) is 0 Å². The van der Waals surface area contributed by atoms with Crippen LogP contribution < -0.4 is 10.6 Å². The highest BCUT2D eigenvalue weighted by Crippen LogP contribution is 2.25. The van der Waals surface area contributed by atoms with Gasteiger partial charge in [-0.3, -0.25) is 4.99 Å². The smallest absolute Gasteiger partial charge is 0.191 e. The molecule has 1 aliphatic rings. The van der Waals surface area contributed by atoms with Crippen molar-refractivity contribution in [2.24, 2.45) is 4.99 Å². The monoisotopic (exact) mass is 407 g/mol. The van der Waals surface area contributed by atoms with Gasteiger partial charge in [0.15, 0.2) is 5.96 Å². The second kappa shape index (κ2) is 9.24. The van der Waals surface area contributed by atoms with Gasteiger partial charge in [-0.25, -0.2) is 8.42 Å². The number of aliphatic imine (C=N–C) groups is 1. The van der Waals surface area contributed by atoms with Gasteiger partial charge in [0.25, 0.3) is 0 Å². The minimum atomic E-state index is -2.91. The number of rotatable bonds is 5. The molecule has 18 heavy (non-hydrogen) atoms. The van der Waals surface area contributed by atoms with E-state index in [9.17, 15) is 8.42 Å². The van der Waals surface area contributed by atoms with Crippen molar-refractivity contribution >= 4 is 51.5 Å². The van der Waals surface area contributed by atoms with Crippen LogP contribution in [0.3, 0.4) is 0 Å². The number of sulfone groups is 1. The van der Waals surface area contributed by atoms with Gasteiger partial charge in [0.1, 0.15) is 9.84 Å². The van der Waals surface area contributed by atoms with Gasteiger partial charge in [0.2, 0.25) is 0 Å². The molecule has 2 N–H and O–H groups in total. The maximum atomic E-state index is 11.0. The predicted octanol–water partition coefficient (Wildman–Crippen LogP) is 0.710. The largest absolute Gasteiger partial charge is 0.355 e. The summed E-state index contributed by atoms with van der Waals surface area (Å²) in [6, 6.07) is 0. The summed E-state index contributed by atoms with van der Waals surface area (Å²) in [4.78, 5) is 4.06. The molecule has 0 aromatic rings. The summed E-state index contributed by atoms with van der Waals surface area (Å²) in [5.74, 6) is 2.05. The Kier molecular flexibility index (Phi) is 9.40. The van der Waals surface area contributed by atoms with Gasteiger partial charge in [0, 0.05) is 31.6 Å². The van der Waals surface area contributed by atoms with Gasteiger partial charge >= 0.3 is 0 Å². The molecule has 0 aromatic heterocycles. The maximum absolute atomic E-state index is 11.0. The lowest BCUT2D eigenvalue weighted by molar-refractivity contribution is 0.600. The van der Waals surface area contributed by atoms with Crippen LogP contribution in [0.15, 0.2) is 4.99 Å². The van der Waals surface area contributed by atoms with E-state index in [0.29, 0.717) is 17.8 Å². The number of nitrogens with zero attached hydrogens (tertiary/aromatic N) is 1. The van der Waals surface area contributed by atoms with Crippen LogP contribution in [0.5, 0.6) is 0 Å². The summed E-state index contributed by atoms with van der Waals surface area (Å²) in [5.41, 5.74) is 0. The second-order valence-corrected chi connectivity index (χ2v) is 7.81. The molecule has 0 aliphatic carbocycles. The molecule has 1 heterocycles. The minimum absolute atomic E-state index is 0. The van der Waals surface area contributed by atoms with Gasteiger partial charge in [0.05, 0.1) is 5.75 Å². The molecule has 1 saturated heterocycles. The van der Waals surface area contributed by atoms with Crippen LogP contribution in [0.2, 0.25) is 0 Å². The van der Waals surface area contributed by atoms with Crippen molar-refractivity contribution in [1.29, 1.82) is 0 Å². The van der Waals surface area contributed by atoms with Crippen LogP contribution >= 0.6 is 35.7 Å². The topological polar surface area (TPSA) is 70.6 Å². The second-order valence-electron chi connectivity index (χ2n) is 4.14. The van der Waals surface area contributed by atoms with E-state index in [1.165, 1.54) is 24.9 Å². The maximum Gasteiger partial charge on any atom is 0.191 e. The highest BCUT2D eigenvalue weighted by atomic mass is 127. The molecule has 0 aromatic carbocycles. The molecule has 1 atom stereocenters. The molecule has 0 spiro atoms. The van der Waals surface area contributed by atoms with E-state index < -0.39 is 9.84 Å². The highest BCUT2D eigenvalue weighted by Gasteiger charge is 2.15. The zero-order valence-electron chi connectivity index (χ0n) is 10.8. The Hall–Kier alpha value is 0.300. The van der Waals surface area contributed by atoms with Crippen LogP contribution in [0.25, 0.3) is 0 Å². The van der Waals surface area contributed by atoms with Crippen molar-refractivity contribution in [2.75, 3.05) is 37.9 Å². The zero-order valence-corrected chi connectivity index (χ0v) is 14.8. The Bertz CT molecular complexity index is 354. The van der Waals surface area contributed by atoms with Gasteiger partial charge < -0.3 is 10.6 Å². The SMILES string of the molecule is CN=C(NCCS(C)(=O)=O)NCC1CCCS1.I. The first-order valence-corrected chi connectivity index (χ1v) is 8.86. The molecular weight excluding hydrogens is 385 g/mol. The number of hydrogen-bond donors (Lipinski definition) is 2. The molecule has 1 fully saturated rings. The highest BCUT2D eigenvalue weighted by molar-refractivity contribution is 14.0. The fourth-order valence-corrected chi connectivity index (χ4v) is 3.27. The number of guanidine groups is 1. The van der Waals surface area contributed by atoms with Gasteiger partial charge in [-0.2, -0.15) is 11.8 Å². The van der Waals surface area contributed by atoms with Gasteiger partial charge in [-0.05, 0) is 18.6 Å². The van der Waals surface area contributed by atoms with Crippen molar-refractivity contribution in [3.63, 3.8) is 0 Å². The fourth-order valence-electron chi connectivity index (χ4n) is 1.59. The standard InChI is InChI=1S/C10H21N3O2S2.HI/c1-11-10(12-5-7-17(2,14)15)13-8-9-4-3-6-16-9;/h9H,3-8H2,1-2H3,(H2,11,12,13);1H. The van der Waals surface area contributed by atoms with Crippen LogP contribution in [-0.4, -0.2) is 57.5 Å². The Morgan fingerprint density at radius 1 is 1.44 bits per heavy atom. The summed E-state index contributed by atoms with van der Waals surface area (Å²) in [7, 11) is -1.22. The van der Waals surface area contributed by atoms with Crippen molar-refractivity contribution in [1.82, 2.24) is 10.6 Å². The van der Waals surface area contributed by atoms with Crippen LogP contribution in [-0.2, 0) is 9.84 Å². The van der Waals surface area contributed by atoms with Gasteiger partial charge in [-0.1, -0.05) is 0 Å². The van der Waals surface area contributed by atoms with Crippen molar-refractivity contribution < 1.29 is 8.42 Å². The first-order valence-electron chi connectivity index (χ1n) is 5.75. The Balaban J connectivity index is 0.00000289. The molecule has 1 aliphatic heterocycles. The third kappa shape index (κ3) is 8.41. The zero-order chi connectivity index (χ0) is 12.7. The third-order valence-corrected chi connectivity index (χ3v) is 4.85. The molecular formula is C10H22IN3O2S2. The summed E-state index contributed by atoms with van der Waals surface area (Å²) in [6.45, 7) is 1.29. The molecule has 1 unspecified atom stereocenters. The van der Waals surface area contributed by atoms with E-state index in [0.717, 1.165) is 6.54 Å². The lowest BCUT2D eigenvalue weighted by atomic mass is 10.2. The summed E-state index contributed by atoms with van der Waals surface area (Å²) in [6.07, 6.45) is 3.77. The number of nitrogens with one attached hydrogen (secondary N) is 2. The molecule has 0 bridgehead atoms. The number of hydrogen-bond acceptors (Lipinski definition) is 4. The molecule has 108 valence electrons. The van der Waals surface area contributed by atoms with E-state index >= 15 is 0 Å². The molecule has 0 amide bonds. The van der Waals surface area contributed by atoms with Gasteiger partial charge in [-0.15, -0.1) is 24.0 Å². The van der Waals surface area contributed by atoms with Crippen LogP contribution in [0.1, 0.15) is 12.8 Å². The quantitative estimate of drug-likeness (QED) is 0.399. The normalized spacial score (nSPS) is 20.3. The first-order chi connectivity index (χ1) is 8.01. The Labute approximate surface area is 131 Å². The molecule has 5 nitrogen and oxygen atoms in total. The number of thioether (sulfide) groups is 1. The molecule has 0 radical (unpaired) electrons. The number of halogens is 1. The van der Waals surface area contributed by atoms with Crippen LogP contribution in [0.4, 0.5) is 0 Å². The van der Waals surface area contributed by atoms with Crippen molar-refractivity contribution in [3.8, 4) is 0 Å². The molecule has 8 heteroatoms. The van der Waals surface area contributed by atoms with E-state index in [1.807, 2.05) is 11.8 Å².